The van der Waals surface area contributed by atoms with Gasteiger partial charge in [0.05, 0.1) is 0 Å². The lowest BCUT2D eigenvalue weighted by Gasteiger charge is -2.24. The molecule has 0 saturated carbocycles. The van der Waals surface area contributed by atoms with Gasteiger partial charge in [0.15, 0.2) is 0 Å². The second-order valence-corrected chi connectivity index (χ2v) is 5.41. The molecule has 0 spiro atoms. The van der Waals surface area contributed by atoms with Crippen molar-refractivity contribution in [3.63, 3.8) is 0 Å². The molecule has 2 saturated heterocycles. The van der Waals surface area contributed by atoms with Crippen LogP contribution in [0.4, 0.5) is 0 Å². The van der Waals surface area contributed by atoms with E-state index in [0.717, 1.165) is 19.3 Å². The summed E-state index contributed by atoms with van der Waals surface area (Å²) in [6.45, 7) is 2.11. The molecule has 2 nitrogen and oxygen atoms in total. The van der Waals surface area contributed by atoms with Gasteiger partial charge in [-0.25, -0.2) is 0 Å². The van der Waals surface area contributed by atoms with E-state index in [1.54, 1.807) is 0 Å². The third-order valence-corrected chi connectivity index (χ3v) is 4.19. The molecule has 0 aromatic heterocycles. The average Bonchev–Trinajstić information content (AvgIpc) is 2.87. The third kappa shape index (κ3) is 1.97. The molecule has 2 heteroatoms. The lowest BCUT2D eigenvalue weighted by Crippen LogP contribution is -2.36. The molecule has 1 aromatic carbocycles. The predicted octanol–water partition coefficient (Wildman–Crippen LogP) is 2.69. The van der Waals surface area contributed by atoms with E-state index in [1.165, 1.54) is 24.0 Å². The topological polar surface area (TPSA) is 20.3 Å². The first-order valence-electron chi connectivity index (χ1n) is 6.61. The summed E-state index contributed by atoms with van der Waals surface area (Å²) in [7, 11) is 0. The first-order chi connectivity index (χ1) is 8.24. The molecule has 3 rings (SSSR count). The largest absolute Gasteiger partial charge is 0.336 e. The van der Waals surface area contributed by atoms with Crippen LogP contribution < -0.4 is 0 Å². The van der Waals surface area contributed by atoms with Gasteiger partial charge in [0.2, 0.25) is 5.91 Å². The second-order valence-electron chi connectivity index (χ2n) is 5.41. The molecule has 2 fully saturated rings. The monoisotopic (exact) mass is 229 g/mol. The van der Waals surface area contributed by atoms with Crippen molar-refractivity contribution < 1.29 is 4.79 Å². The Balaban J connectivity index is 1.73. The van der Waals surface area contributed by atoms with E-state index in [0.29, 0.717) is 18.0 Å². The number of carbonyl (C=O) groups excluding carboxylic acids is 1. The number of benzene rings is 1. The number of nitrogens with zero attached hydrogens (tertiary/aromatic N) is 1. The van der Waals surface area contributed by atoms with Crippen molar-refractivity contribution in [3.8, 4) is 0 Å². The molecule has 2 atom stereocenters. The van der Waals surface area contributed by atoms with Crippen molar-refractivity contribution in [2.45, 2.75) is 51.1 Å². The molecule has 2 heterocycles. The zero-order valence-corrected chi connectivity index (χ0v) is 10.4. The molecule has 0 bridgehead atoms. The van der Waals surface area contributed by atoms with Crippen LogP contribution in [0.2, 0.25) is 0 Å². The second kappa shape index (κ2) is 4.17. The van der Waals surface area contributed by atoms with E-state index < -0.39 is 0 Å². The van der Waals surface area contributed by atoms with Gasteiger partial charge in [-0.15, -0.1) is 0 Å². The Labute approximate surface area is 103 Å². The van der Waals surface area contributed by atoms with Crippen LogP contribution >= 0.6 is 0 Å². The number of carbonyl (C=O) groups is 1. The highest BCUT2D eigenvalue weighted by Gasteiger charge is 2.40. The van der Waals surface area contributed by atoms with E-state index in [2.05, 4.69) is 36.1 Å². The summed E-state index contributed by atoms with van der Waals surface area (Å²) in [5.41, 5.74) is 2.66. The lowest BCUT2D eigenvalue weighted by atomic mass is 10.0. The summed E-state index contributed by atoms with van der Waals surface area (Å²) >= 11 is 0. The highest BCUT2D eigenvalue weighted by molar-refractivity contribution is 5.79. The zero-order valence-electron chi connectivity index (χ0n) is 10.4. The van der Waals surface area contributed by atoms with E-state index >= 15 is 0 Å². The van der Waals surface area contributed by atoms with Crippen molar-refractivity contribution in [1.82, 2.24) is 4.90 Å². The van der Waals surface area contributed by atoms with E-state index in [9.17, 15) is 4.79 Å². The molecule has 2 aliphatic heterocycles. The smallest absolute Gasteiger partial charge is 0.223 e. The summed E-state index contributed by atoms with van der Waals surface area (Å²) in [6, 6.07) is 9.73. The van der Waals surface area contributed by atoms with E-state index in [-0.39, 0.29) is 0 Å². The number of fused-ring (bicyclic) bond motifs is 1. The van der Waals surface area contributed by atoms with Gasteiger partial charge < -0.3 is 4.90 Å². The van der Waals surface area contributed by atoms with Gasteiger partial charge in [0.1, 0.15) is 0 Å². The molecule has 0 N–H and O–H groups in total. The molecular formula is C15H19NO. The van der Waals surface area contributed by atoms with Crippen LogP contribution in [0.3, 0.4) is 0 Å². The zero-order chi connectivity index (χ0) is 11.8. The van der Waals surface area contributed by atoms with Crippen molar-refractivity contribution in [2.75, 3.05) is 0 Å². The van der Waals surface area contributed by atoms with Gasteiger partial charge in [-0.3, -0.25) is 4.79 Å². The minimum atomic E-state index is 0.379. The summed E-state index contributed by atoms with van der Waals surface area (Å²) in [4.78, 5) is 14.0. The Morgan fingerprint density at radius 1 is 1.18 bits per heavy atom. The number of hydrogen-bond donors (Lipinski definition) is 0. The summed E-state index contributed by atoms with van der Waals surface area (Å²) in [6.07, 6.45) is 5.29. The number of aryl methyl sites for hydroxylation is 1. The molecule has 0 unspecified atom stereocenters. The SMILES string of the molecule is Cc1ccc(C[C@H]2CC[C@@H]3CCC(=O)N32)cc1. The van der Waals surface area contributed by atoms with Crippen LogP contribution in [0.1, 0.15) is 36.8 Å². The number of hydrogen-bond acceptors (Lipinski definition) is 1. The van der Waals surface area contributed by atoms with Gasteiger partial charge in [0, 0.05) is 18.5 Å². The van der Waals surface area contributed by atoms with E-state index in [4.69, 9.17) is 0 Å². The first-order valence-corrected chi connectivity index (χ1v) is 6.61. The standard InChI is InChI=1S/C15H19NO/c1-11-2-4-12(5-3-11)10-14-7-6-13-8-9-15(17)16(13)14/h2-5,13-14H,6-10H2,1H3/t13-,14-/m1/s1. The van der Waals surface area contributed by atoms with Gasteiger partial charge in [-0.2, -0.15) is 0 Å². The van der Waals surface area contributed by atoms with Gasteiger partial charge in [-0.1, -0.05) is 29.8 Å². The third-order valence-electron chi connectivity index (χ3n) is 4.19. The average molecular weight is 229 g/mol. The molecular weight excluding hydrogens is 210 g/mol. The molecule has 1 aromatic rings. The highest BCUT2D eigenvalue weighted by Crippen LogP contribution is 2.34. The number of amides is 1. The normalized spacial score (nSPS) is 27.6. The summed E-state index contributed by atoms with van der Waals surface area (Å²) in [5.74, 6) is 0.379. The minimum Gasteiger partial charge on any atom is -0.336 e. The van der Waals surface area contributed by atoms with Gasteiger partial charge in [0.25, 0.3) is 0 Å². The van der Waals surface area contributed by atoms with Crippen LogP contribution in [0.25, 0.3) is 0 Å². The Morgan fingerprint density at radius 3 is 2.71 bits per heavy atom. The first kappa shape index (κ1) is 10.8. The van der Waals surface area contributed by atoms with Crippen LogP contribution in [0.15, 0.2) is 24.3 Å². The number of rotatable bonds is 2. The Kier molecular flexibility index (Phi) is 2.65. The maximum atomic E-state index is 11.8. The van der Waals surface area contributed by atoms with Crippen LogP contribution in [0.5, 0.6) is 0 Å². The van der Waals surface area contributed by atoms with Crippen LogP contribution in [0, 0.1) is 6.92 Å². The van der Waals surface area contributed by atoms with Crippen molar-refractivity contribution >= 4 is 5.91 Å². The Hall–Kier alpha value is -1.31. The van der Waals surface area contributed by atoms with Crippen molar-refractivity contribution in [3.05, 3.63) is 35.4 Å². The van der Waals surface area contributed by atoms with Gasteiger partial charge in [-0.05, 0) is 38.2 Å². The fourth-order valence-electron chi connectivity index (χ4n) is 3.27. The highest BCUT2D eigenvalue weighted by atomic mass is 16.2. The quantitative estimate of drug-likeness (QED) is 0.763. The Morgan fingerprint density at radius 2 is 1.94 bits per heavy atom. The summed E-state index contributed by atoms with van der Waals surface area (Å²) in [5, 5.41) is 0. The molecule has 90 valence electrons. The summed E-state index contributed by atoms with van der Waals surface area (Å²) < 4.78 is 0. The molecule has 0 aliphatic carbocycles. The van der Waals surface area contributed by atoms with Crippen molar-refractivity contribution in [2.24, 2.45) is 0 Å². The molecule has 1 amide bonds. The Bertz CT molecular complexity index is 423. The fourth-order valence-corrected chi connectivity index (χ4v) is 3.27. The van der Waals surface area contributed by atoms with Crippen LogP contribution in [-0.2, 0) is 11.2 Å². The predicted molar refractivity (Wildman–Crippen MR) is 67.8 cm³/mol. The maximum Gasteiger partial charge on any atom is 0.223 e. The van der Waals surface area contributed by atoms with Crippen molar-refractivity contribution in [1.29, 1.82) is 0 Å². The van der Waals surface area contributed by atoms with E-state index in [1.807, 2.05) is 0 Å². The molecule has 0 radical (unpaired) electrons. The molecule has 2 aliphatic rings. The molecule has 17 heavy (non-hydrogen) atoms. The van der Waals surface area contributed by atoms with Crippen LogP contribution in [-0.4, -0.2) is 22.9 Å². The lowest BCUT2D eigenvalue weighted by molar-refractivity contribution is -0.129. The fraction of sp³-hybridized carbons (Fsp3) is 0.533. The minimum absolute atomic E-state index is 0.379. The van der Waals surface area contributed by atoms with Gasteiger partial charge >= 0.3 is 0 Å². The maximum absolute atomic E-state index is 11.8.